The highest BCUT2D eigenvalue weighted by Crippen LogP contribution is 2.10. The minimum absolute atomic E-state index is 0.00906. The van der Waals surface area contributed by atoms with Crippen LogP contribution < -0.4 is 0 Å². The highest BCUT2D eigenvalue weighted by Gasteiger charge is 2.07. The molecule has 0 aliphatic carbocycles. The minimum Gasteiger partial charge on any atom is -0.291 e. The first kappa shape index (κ1) is 14.7. The summed E-state index contributed by atoms with van der Waals surface area (Å²) < 4.78 is 0. The molecule has 0 aliphatic rings. The molecule has 1 aromatic rings. The van der Waals surface area contributed by atoms with Crippen LogP contribution in [0, 0.1) is 17.2 Å². The van der Waals surface area contributed by atoms with Crippen LogP contribution in [0.1, 0.15) is 31.9 Å². The standard InChI is InChI=1S/C16H24N2/c1-13(2)11-16-7-5-15(6-8-16)9-10-18(4)14(3)12-17/h5-8,13-14H,9-11H2,1-4H3. The number of benzene rings is 1. The topological polar surface area (TPSA) is 27.0 Å². The van der Waals surface area contributed by atoms with Crippen molar-refractivity contribution >= 4 is 0 Å². The van der Waals surface area contributed by atoms with Crippen molar-refractivity contribution in [1.29, 1.82) is 5.26 Å². The average Bonchev–Trinajstić information content (AvgIpc) is 2.36. The second kappa shape index (κ2) is 7.18. The van der Waals surface area contributed by atoms with Gasteiger partial charge in [0.25, 0.3) is 0 Å². The molecule has 0 fully saturated rings. The first-order valence-electron chi connectivity index (χ1n) is 6.70. The summed E-state index contributed by atoms with van der Waals surface area (Å²) in [6.45, 7) is 7.35. The molecule has 18 heavy (non-hydrogen) atoms. The van der Waals surface area contributed by atoms with Gasteiger partial charge in [-0.25, -0.2) is 0 Å². The fraction of sp³-hybridized carbons (Fsp3) is 0.562. The zero-order valence-corrected chi connectivity index (χ0v) is 12.0. The zero-order valence-electron chi connectivity index (χ0n) is 12.0. The van der Waals surface area contributed by atoms with Crippen molar-refractivity contribution in [1.82, 2.24) is 4.90 Å². The Morgan fingerprint density at radius 3 is 2.17 bits per heavy atom. The van der Waals surface area contributed by atoms with Crippen LogP contribution >= 0.6 is 0 Å². The van der Waals surface area contributed by atoms with Gasteiger partial charge < -0.3 is 0 Å². The van der Waals surface area contributed by atoms with Gasteiger partial charge in [0, 0.05) is 6.54 Å². The Balaban J connectivity index is 2.47. The smallest absolute Gasteiger partial charge is 0.0946 e. The van der Waals surface area contributed by atoms with E-state index in [-0.39, 0.29) is 6.04 Å². The lowest BCUT2D eigenvalue weighted by molar-refractivity contribution is 0.306. The summed E-state index contributed by atoms with van der Waals surface area (Å²) in [5, 5.41) is 8.83. The van der Waals surface area contributed by atoms with Crippen molar-refractivity contribution in [2.45, 2.75) is 39.7 Å². The van der Waals surface area contributed by atoms with Crippen molar-refractivity contribution in [3.05, 3.63) is 35.4 Å². The van der Waals surface area contributed by atoms with Crippen molar-refractivity contribution in [2.75, 3.05) is 13.6 Å². The number of likely N-dealkylation sites (N-methyl/N-ethyl adjacent to an activating group) is 1. The summed E-state index contributed by atoms with van der Waals surface area (Å²) in [7, 11) is 2.00. The van der Waals surface area contributed by atoms with Gasteiger partial charge >= 0.3 is 0 Å². The summed E-state index contributed by atoms with van der Waals surface area (Å²) in [5.41, 5.74) is 2.76. The molecule has 2 heteroatoms. The van der Waals surface area contributed by atoms with E-state index in [0.717, 1.165) is 19.4 Å². The molecule has 1 rings (SSSR count). The number of nitriles is 1. The van der Waals surface area contributed by atoms with Crippen molar-refractivity contribution in [3.63, 3.8) is 0 Å². The molecule has 0 aliphatic heterocycles. The van der Waals surface area contributed by atoms with Crippen LogP contribution in [0.25, 0.3) is 0 Å². The van der Waals surface area contributed by atoms with Gasteiger partial charge in [0.05, 0.1) is 12.1 Å². The Hall–Kier alpha value is -1.33. The lowest BCUT2D eigenvalue weighted by Crippen LogP contribution is -2.29. The quantitative estimate of drug-likeness (QED) is 0.768. The maximum absolute atomic E-state index is 8.83. The normalized spacial score (nSPS) is 12.7. The molecule has 1 atom stereocenters. The van der Waals surface area contributed by atoms with E-state index in [1.54, 1.807) is 0 Å². The summed E-state index contributed by atoms with van der Waals surface area (Å²) >= 11 is 0. The lowest BCUT2D eigenvalue weighted by Gasteiger charge is -2.18. The Kier molecular flexibility index (Phi) is 5.88. The second-order valence-corrected chi connectivity index (χ2v) is 5.45. The predicted octanol–water partition coefficient (Wildman–Crippen LogP) is 3.27. The molecule has 0 N–H and O–H groups in total. The molecule has 0 amide bonds. The van der Waals surface area contributed by atoms with Gasteiger partial charge in [-0.1, -0.05) is 38.1 Å². The van der Waals surface area contributed by atoms with E-state index in [1.165, 1.54) is 11.1 Å². The Morgan fingerprint density at radius 2 is 1.67 bits per heavy atom. The molecule has 1 unspecified atom stereocenters. The molecule has 98 valence electrons. The largest absolute Gasteiger partial charge is 0.291 e. The summed E-state index contributed by atoms with van der Waals surface area (Å²) in [4.78, 5) is 2.09. The van der Waals surface area contributed by atoms with E-state index >= 15 is 0 Å². The van der Waals surface area contributed by atoms with Crippen molar-refractivity contribution in [3.8, 4) is 6.07 Å². The minimum atomic E-state index is -0.00906. The van der Waals surface area contributed by atoms with Crippen molar-refractivity contribution in [2.24, 2.45) is 5.92 Å². The number of hydrogen-bond donors (Lipinski definition) is 0. The molecular formula is C16H24N2. The van der Waals surface area contributed by atoms with Crippen LogP contribution in [0.4, 0.5) is 0 Å². The molecule has 1 aromatic carbocycles. The SMILES string of the molecule is CC(C)Cc1ccc(CCN(C)C(C)C#N)cc1. The molecule has 0 spiro atoms. The van der Waals surface area contributed by atoms with Gasteiger partial charge in [0.1, 0.15) is 0 Å². The van der Waals surface area contributed by atoms with Crippen LogP contribution in [-0.4, -0.2) is 24.5 Å². The highest BCUT2D eigenvalue weighted by molar-refractivity contribution is 5.23. The Labute approximate surface area is 111 Å². The summed E-state index contributed by atoms with van der Waals surface area (Å²) in [6.07, 6.45) is 2.15. The van der Waals surface area contributed by atoms with Crippen molar-refractivity contribution < 1.29 is 0 Å². The Bertz CT molecular complexity index is 387. The van der Waals surface area contributed by atoms with Crippen LogP contribution in [0.2, 0.25) is 0 Å². The van der Waals surface area contributed by atoms with E-state index in [2.05, 4.69) is 49.1 Å². The van der Waals surface area contributed by atoms with E-state index in [9.17, 15) is 0 Å². The van der Waals surface area contributed by atoms with Gasteiger partial charge in [-0.05, 0) is 43.9 Å². The molecular weight excluding hydrogens is 220 g/mol. The molecule has 0 bridgehead atoms. The fourth-order valence-corrected chi connectivity index (χ4v) is 1.91. The fourth-order valence-electron chi connectivity index (χ4n) is 1.91. The highest BCUT2D eigenvalue weighted by atomic mass is 15.1. The van der Waals surface area contributed by atoms with E-state index in [1.807, 2.05) is 14.0 Å². The molecule has 0 radical (unpaired) electrons. The molecule has 0 heterocycles. The van der Waals surface area contributed by atoms with E-state index in [4.69, 9.17) is 5.26 Å². The number of rotatable bonds is 6. The molecule has 0 saturated carbocycles. The number of hydrogen-bond acceptors (Lipinski definition) is 2. The summed E-state index contributed by atoms with van der Waals surface area (Å²) in [5.74, 6) is 0.707. The average molecular weight is 244 g/mol. The summed E-state index contributed by atoms with van der Waals surface area (Å²) in [6, 6.07) is 11.1. The maximum atomic E-state index is 8.83. The monoisotopic (exact) mass is 244 g/mol. The molecule has 0 saturated heterocycles. The van der Waals surface area contributed by atoms with Crippen LogP contribution in [0.5, 0.6) is 0 Å². The zero-order chi connectivity index (χ0) is 13.5. The van der Waals surface area contributed by atoms with Crippen LogP contribution in [0.3, 0.4) is 0 Å². The number of nitrogens with zero attached hydrogens (tertiary/aromatic N) is 2. The second-order valence-electron chi connectivity index (χ2n) is 5.45. The maximum Gasteiger partial charge on any atom is 0.0946 e. The lowest BCUT2D eigenvalue weighted by atomic mass is 10.0. The van der Waals surface area contributed by atoms with E-state index in [0.29, 0.717) is 5.92 Å². The first-order valence-corrected chi connectivity index (χ1v) is 6.70. The van der Waals surface area contributed by atoms with Gasteiger partial charge in [-0.15, -0.1) is 0 Å². The molecule has 0 aromatic heterocycles. The molecule has 2 nitrogen and oxygen atoms in total. The van der Waals surface area contributed by atoms with E-state index < -0.39 is 0 Å². The van der Waals surface area contributed by atoms with Gasteiger partial charge in [-0.3, -0.25) is 4.90 Å². The van der Waals surface area contributed by atoms with Gasteiger partial charge in [-0.2, -0.15) is 5.26 Å². The van der Waals surface area contributed by atoms with Crippen LogP contribution in [0.15, 0.2) is 24.3 Å². The van der Waals surface area contributed by atoms with Crippen LogP contribution in [-0.2, 0) is 12.8 Å². The predicted molar refractivity (Wildman–Crippen MR) is 76.4 cm³/mol. The van der Waals surface area contributed by atoms with Gasteiger partial charge in [0.2, 0.25) is 0 Å². The third-order valence-corrected chi connectivity index (χ3v) is 3.27. The third-order valence-electron chi connectivity index (χ3n) is 3.27. The van der Waals surface area contributed by atoms with Gasteiger partial charge in [0.15, 0.2) is 0 Å². The Morgan fingerprint density at radius 1 is 1.11 bits per heavy atom. The third kappa shape index (κ3) is 4.89. The first-order chi connectivity index (χ1) is 8.52.